The number of nitrogens with two attached hydrogens (primary N) is 2. The molecule has 80 valence electrons. The van der Waals surface area contributed by atoms with Crippen molar-refractivity contribution in [1.29, 1.82) is 0 Å². The van der Waals surface area contributed by atoms with Gasteiger partial charge in [-0.05, 0) is 0 Å². The normalized spacial score (nSPS) is 14.9. The van der Waals surface area contributed by atoms with Crippen molar-refractivity contribution in [3.63, 3.8) is 0 Å². The molecule has 0 unspecified atom stereocenters. The lowest BCUT2D eigenvalue weighted by Crippen LogP contribution is -2.56. The van der Waals surface area contributed by atoms with E-state index < -0.39 is 30.2 Å². The molecule has 13 heavy (non-hydrogen) atoms. The molecule has 0 aromatic heterocycles. The highest BCUT2D eigenvalue weighted by Gasteiger charge is 2.53. The molecule has 0 heterocycles. The van der Waals surface area contributed by atoms with Gasteiger partial charge in [0.05, 0.1) is 0 Å². The van der Waals surface area contributed by atoms with E-state index >= 15 is 0 Å². The van der Waals surface area contributed by atoms with Gasteiger partial charge in [-0.15, -0.1) is 0 Å². The maximum atomic E-state index is 10.8. The van der Waals surface area contributed by atoms with Crippen LogP contribution in [0.4, 0.5) is 0 Å². The Balaban J connectivity index is 5.80. The Morgan fingerprint density at radius 3 is 1.31 bits per heavy atom. The van der Waals surface area contributed by atoms with Gasteiger partial charge in [0.15, 0.2) is 0 Å². The molecule has 0 saturated heterocycles. The van der Waals surface area contributed by atoms with Gasteiger partial charge in [0.2, 0.25) is 0 Å². The Morgan fingerprint density at radius 1 is 1.08 bits per heavy atom. The van der Waals surface area contributed by atoms with Crippen LogP contribution in [0.25, 0.3) is 0 Å². The minimum Gasteiger partial charge on any atom is -0.360 e. The van der Waals surface area contributed by atoms with Crippen molar-refractivity contribution >= 4 is 20.0 Å². The quantitative estimate of drug-likeness (QED) is 0.509. The first-order valence-electron chi connectivity index (χ1n) is 3.21. The Bertz CT molecular complexity index is 349. The molecule has 0 radical (unpaired) electrons. The second-order valence-electron chi connectivity index (χ2n) is 2.88. The van der Waals surface area contributed by atoms with E-state index in [0.29, 0.717) is 0 Å². The summed E-state index contributed by atoms with van der Waals surface area (Å²) in [6.07, 6.45) is 0. The molecular weight excluding hydrogens is 220 g/mol. The van der Waals surface area contributed by atoms with E-state index in [1.807, 2.05) is 0 Å². The molecule has 0 rings (SSSR count). The summed E-state index contributed by atoms with van der Waals surface area (Å²) in [6.45, 7) is 2.35. The van der Waals surface area contributed by atoms with Gasteiger partial charge in [0.25, 0.3) is 24.3 Å². The molecular formula is C4H12N2O5S2. The second kappa shape index (κ2) is 3.17. The monoisotopic (exact) mass is 232 g/mol. The Morgan fingerprint density at radius 2 is 1.31 bits per heavy atom. The third kappa shape index (κ3) is 1.99. The van der Waals surface area contributed by atoms with Crippen molar-refractivity contribution in [2.24, 2.45) is 16.2 Å². The van der Waals surface area contributed by atoms with Gasteiger partial charge in [-0.2, -0.15) is 0 Å². The lowest BCUT2D eigenvalue weighted by atomic mass is 10.2. The zero-order chi connectivity index (χ0) is 11.1. The average Bonchev–Trinajstić information content (AvgIpc) is 1.80. The van der Waals surface area contributed by atoms with Gasteiger partial charge in [-0.3, -0.25) is 0 Å². The maximum Gasteiger partial charge on any atom is 0.298 e. The largest absolute Gasteiger partial charge is 0.360 e. The topological polar surface area (TPSA) is 141 Å². The minimum absolute atomic E-state index is 1.16. The SMILES string of the molecule is CC(C)C(O)(S(N)(=O)=O)S(N)(=O)=O. The second-order valence-corrected chi connectivity index (χ2v) is 6.56. The highest BCUT2D eigenvalue weighted by atomic mass is 32.3. The van der Waals surface area contributed by atoms with Gasteiger partial charge >= 0.3 is 0 Å². The van der Waals surface area contributed by atoms with Crippen LogP contribution in [-0.4, -0.2) is 26.2 Å². The van der Waals surface area contributed by atoms with Crippen LogP contribution >= 0.6 is 0 Å². The maximum absolute atomic E-state index is 10.8. The van der Waals surface area contributed by atoms with Crippen LogP contribution in [-0.2, 0) is 20.0 Å². The third-order valence-corrected chi connectivity index (χ3v) is 5.51. The predicted molar refractivity (Wildman–Crippen MR) is 46.0 cm³/mol. The number of hydrogen-bond donors (Lipinski definition) is 3. The predicted octanol–water partition coefficient (Wildman–Crippen LogP) is -2.13. The molecule has 0 fully saturated rings. The number of primary sulfonamides is 2. The minimum atomic E-state index is -4.68. The van der Waals surface area contributed by atoms with Crippen molar-refractivity contribution in [3.05, 3.63) is 0 Å². The van der Waals surface area contributed by atoms with Crippen molar-refractivity contribution in [1.82, 2.24) is 0 Å². The molecule has 0 saturated carbocycles. The lowest BCUT2D eigenvalue weighted by molar-refractivity contribution is 0.153. The molecule has 7 nitrogen and oxygen atoms in total. The summed E-state index contributed by atoms with van der Waals surface area (Å²) >= 11 is 0. The first-order valence-corrected chi connectivity index (χ1v) is 6.31. The fourth-order valence-corrected chi connectivity index (χ4v) is 3.43. The van der Waals surface area contributed by atoms with E-state index in [0.717, 1.165) is 0 Å². The highest BCUT2D eigenvalue weighted by molar-refractivity contribution is 8.08. The zero-order valence-corrected chi connectivity index (χ0v) is 8.76. The molecule has 0 bridgehead atoms. The Labute approximate surface area is 76.8 Å². The summed E-state index contributed by atoms with van der Waals surface area (Å²) < 4.78 is 40.1. The van der Waals surface area contributed by atoms with Gasteiger partial charge in [-0.1, -0.05) is 13.8 Å². The summed E-state index contributed by atoms with van der Waals surface area (Å²) in [6, 6.07) is 0. The van der Waals surface area contributed by atoms with Crippen LogP contribution in [0, 0.1) is 5.92 Å². The van der Waals surface area contributed by atoms with Crippen molar-refractivity contribution in [2.45, 2.75) is 18.1 Å². The van der Waals surface area contributed by atoms with Crippen LogP contribution in [0.3, 0.4) is 0 Å². The number of aliphatic hydroxyl groups is 1. The summed E-state index contributed by atoms with van der Waals surface area (Å²) in [7, 11) is -9.36. The highest BCUT2D eigenvalue weighted by Crippen LogP contribution is 2.25. The molecule has 0 aliphatic carbocycles. The van der Waals surface area contributed by atoms with E-state index in [4.69, 9.17) is 0 Å². The molecule has 0 atom stereocenters. The van der Waals surface area contributed by atoms with E-state index in [9.17, 15) is 21.9 Å². The van der Waals surface area contributed by atoms with E-state index in [2.05, 4.69) is 10.3 Å². The lowest BCUT2D eigenvalue weighted by Gasteiger charge is -2.26. The first-order chi connectivity index (χ1) is 5.44. The molecule has 0 aliphatic heterocycles. The molecule has 0 aromatic rings. The Kier molecular flexibility index (Phi) is 3.12. The number of sulfonamides is 2. The van der Waals surface area contributed by atoms with Crippen LogP contribution in [0.5, 0.6) is 0 Å². The summed E-state index contributed by atoms with van der Waals surface area (Å²) in [5, 5.41) is 18.5. The van der Waals surface area contributed by atoms with Gasteiger partial charge < -0.3 is 5.11 Å². The summed E-state index contributed by atoms with van der Waals surface area (Å²) in [4.78, 5) is 0. The van der Waals surface area contributed by atoms with Crippen molar-refractivity contribution in [3.8, 4) is 0 Å². The van der Waals surface area contributed by atoms with E-state index in [1.54, 1.807) is 0 Å². The van der Waals surface area contributed by atoms with Crippen LogP contribution in [0.1, 0.15) is 13.8 Å². The molecule has 0 amide bonds. The average molecular weight is 232 g/mol. The van der Waals surface area contributed by atoms with Gasteiger partial charge in [0.1, 0.15) is 0 Å². The smallest absolute Gasteiger partial charge is 0.298 e. The van der Waals surface area contributed by atoms with E-state index in [-0.39, 0.29) is 0 Å². The Hall–Kier alpha value is -0.220. The van der Waals surface area contributed by atoms with Gasteiger partial charge in [0, 0.05) is 5.92 Å². The summed E-state index contributed by atoms with van der Waals surface area (Å²) in [5.74, 6) is -1.16. The molecule has 9 heteroatoms. The number of rotatable bonds is 3. The molecule has 0 aromatic carbocycles. The fourth-order valence-electron chi connectivity index (χ4n) is 0.819. The zero-order valence-electron chi connectivity index (χ0n) is 7.13. The third-order valence-electron chi connectivity index (χ3n) is 1.54. The summed E-state index contributed by atoms with van der Waals surface area (Å²) in [5.41, 5.74) is 0. The fraction of sp³-hybridized carbons (Fsp3) is 1.00. The van der Waals surface area contributed by atoms with Crippen LogP contribution < -0.4 is 10.3 Å². The van der Waals surface area contributed by atoms with E-state index in [1.165, 1.54) is 13.8 Å². The van der Waals surface area contributed by atoms with Crippen molar-refractivity contribution in [2.75, 3.05) is 0 Å². The molecule has 0 aliphatic rings. The number of hydrogen-bond acceptors (Lipinski definition) is 5. The van der Waals surface area contributed by atoms with Gasteiger partial charge in [-0.25, -0.2) is 27.1 Å². The van der Waals surface area contributed by atoms with Crippen molar-refractivity contribution < 1.29 is 21.9 Å². The van der Waals surface area contributed by atoms with Crippen LogP contribution in [0.2, 0.25) is 0 Å². The molecule has 5 N–H and O–H groups in total. The standard InChI is InChI=1S/C4H12N2O5S2/c1-3(2)4(7,12(5,8)9)13(6,10)11/h3,7H,1-2H3,(H2,5,8,9)(H2,6,10,11). The van der Waals surface area contributed by atoms with Crippen LogP contribution in [0.15, 0.2) is 0 Å². The first kappa shape index (κ1) is 12.8. The molecule has 0 spiro atoms.